The van der Waals surface area contributed by atoms with Crippen molar-refractivity contribution in [3.8, 4) is 0 Å². The van der Waals surface area contributed by atoms with Crippen LogP contribution in [0.3, 0.4) is 0 Å². The normalized spacial score (nSPS) is 22.1. The van der Waals surface area contributed by atoms with Gasteiger partial charge >= 0.3 is 6.03 Å². The van der Waals surface area contributed by atoms with E-state index in [2.05, 4.69) is 24.5 Å². The zero-order chi connectivity index (χ0) is 20.1. The molecule has 0 radical (unpaired) electrons. The fourth-order valence-electron chi connectivity index (χ4n) is 4.36. The lowest BCUT2D eigenvalue weighted by molar-refractivity contribution is -0.135. The van der Waals surface area contributed by atoms with Crippen LogP contribution in [0.5, 0.6) is 0 Å². The third-order valence-electron chi connectivity index (χ3n) is 6.08. The number of carbonyl (C=O) groups excluding carboxylic acids is 3. The second kappa shape index (κ2) is 8.76. The van der Waals surface area contributed by atoms with E-state index >= 15 is 0 Å². The summed E-state index contributed by atoms with van der Waals surface area (Å²) in [4.78, 5) is 39.2. The highest BCUT2D eigenvalue weighted by Gasteiger charge is 2.54. The number of unbranched alkanes of at least 4 members (excludes halogenated alkanes) is 1. The highest BCUT2D eigenvalue weighted by Crippen LogP contribution is 2.39. The second-order valence-electron chi connectivity index (χ2n) is 7.96. The molecule has 0 unspecified atom stereocenters. The van der Waals surface area contributed by atoms with Crippen molar-refractivity contribution in [1.82, 2.24) is 15.5 Å². The van der Waals surface area contributed by atoms with Crippen molar-refractivity contribution < 1.29 is 14.4 Å². The highest BCUT2D eigenvalue weighted by molar-refractivity contribution is 6.09. The van der Waals surface area contributed by atoms with Gasteiger partial charge in [0.05, 0.1) is 0 Å². The number of nitrogens with zero attached hydrogens (tertiary/aromatic N) is 1. The van der Waals surface area contributed by atoms with Gasteiger partial charge in [0.25, 0.3) is 5.91 Å². The zero-order valence-corrected chi connectivity index (χ0v) is 16.9. The third kappa shape index (κ3) is 3.91. The van der Waals surface area contributed by atoms with Gasteiger partial charge < -0.3 is 10.6 Å². The number of carbonyl (C=O) groups is 3. The number of fused-ring (bicyclic) bond motifs is 2. The second-order valence-corrected chi connectivity index (χ2v) is 7.96. The topological polar surface area (TPSA) is 78.5 Å². The van der Waals surface area contributed by atoms with E-state index in [1.54, 1.807) is 0 Å². The van der Waals surface area contributed by atoms with Crippen LogP contribution < -0.4 is 10.6 Å². The summed E-state index contributed by atoms with van der Waals surface area (Å²) >= 11 is 0. The molecule has 4 amide bonds. The van der Waals surface area contributed by atoms with E-state index in [9.17, 15) is 14.4 Å². The number of hydrogen-bond acceptors (Lipinski definition) is 3. The number of hydrogen-bond donors (Lipinski definition) is 2. The number of benzene rings is 1. The molecule has 1 aromatic rings. The van der Waals surface area contributed by atoms with Crippen LogP contribution in [0.25, 0.3) is 0 Å². The smallest absolute Gasteiger partial charge is 0.325 e. The minimum atomic E-state index is -1.01. The van der Waals surface area contributed by atoms with Crippen LogP contribution in [-0.2, 0) is 21.5 Å². The molecule has 1 heterocycles. The van der Waals surface area contributed by atoms with Crippen molar-refractivity contribution in [3.63, 3.8) is 0 Å². The van der Waals surface area contributed by atoms with Crippen LogP contribution >= 0.6 is 0 Å². The van der Waals surface area contributed by atoms with Crippen molar-refractivity contribution in [2.45, 2.75) is 64.3 Å². The lowest BCUT2D eigenvalue weighted by Crippen LogP contribution is -2.47. The van der Waals surface area contributed by atoms with Crippen LogP contribution in [0.4, 0.5) is 4.79 Å². The summed E-state index contributed by atoms with van der Waals surface area (Å²) in [6.45, 7) is 4.64. The van der Waals surface area contributed by atoms with Crippen molar-refractivity contribution in [1.29, 1.82) is 0 Å². The first-order valence-corrected chi connectivity index (χ1v) is 10.5. The summed E-state index contributed by atoms with van der Waals surface area (Å²) < 4.78 is 0. The van der Waals surface area contributed by atoms with Crippen LogP contribution in [0.15, 0.2) is 24.3 Å². The van der Waals surface area contributed by atoms with Gasteiger partial charge in [-0.25, -0.2) is 4.79 Å². The molecule has 0 bridgehead atoms. The third-order valence-corrected chi connectivity index (χ3v) is 6.08. The lowest BCUT2D eigenvalue weighted by atomic mass is 9.76. The van der Waals surface area contributed by atoms with Gasteiger partial charge in [-0.1, -0.05) is 57.4 Å². The molecule has 2 atom stereocenters. The maximum Gasteiger partial charge on any atom is 0.325 e. The SMILES string of the molecule is CCCC[C@@H](CC)CNC(=O)CN1C(=O)N[C@@]2(CCCc3ccccc32)C1=O. The van der Waals surface area contributed by atoms with Crippen LogP contribution in [0, 0.1) is 5.92 Å². The molecule has 1 aromatic carbocycles. The van der Waals surface area contributed by atoms with Crippen LogP contribution in [0.2, 0.25) is 0 Å². The highest BCUT2D eigenvalue weighted by atomic mass is 16.2. The Kier molecular flexibility index (Phi) is 6.37. The quantitative estimate of drug-likeness (QED) is 0.675. The molecule has 0 aromatic heterocycles. The Morgan fingerprint density at radius 1 is 1.29 bits per heavy atom. The van der Waals surface area contributed by atoms with Gasteiger partial charge in [-0.3, -0.25) is 14.5 Å². The number of imide groups is 1. The minimum absolute atomic E-state index is 0.223. The molecule has 3 rings (SSSR count). The molecule has 6 heteroatoms. The number of amides is 4. The van der Waals surface area contributed by atoms with Crippen molar-refractivity contribution >= 4 is 17.8 Å². The molecule has 0 saturated carbocycles. The Labute approximate surface area is 167 Å². The summed E-state index contributed by atoms with van der Waals surface area (Å²) in [6.07, 6.45) is 6.66. The molecule has 6 nitrogen and oxygen atoms in total. The van der Waals surface area contributed by atoms with E-state index < -0.39 is 11.6 Å². The molecule has 1 aliphatic carbocycles. The van der Waals surface area contributed by atoms with Gasteiger partial charge in [0.15, 0.2) is 0 Å². The van der Waals surface area contributed by atoms with Gasteiger partial charge in [0.2, 0.25) is 5.91 Å². The molecule has 1 fully saturated rings. The molecule has 28 heavy (non-hydrogen) atoms. The predicted molar refractivity (Wildman–Crippen MR) is 108 cm³/mol. The summed E-state index contributed by atoms with van der Waals surface area (Å²) in [6, 6.07) is 7.28. The molecule has 1 saturated heterocycles. The van der Waals surface area contributed by atoms with E-state index in [0.29, 0.717) is 18.9 Å². The van der Waals surface area contributed by atoms with E-state index in [1.807, 2.05) is 24.3 Å². The molecule has 2 aliphatic rings. The van der Waals surface area contributed by atoms with E-state index in [4.69, 9.17) is 0 Å². The first-order chi connectivity index (χ1) is 13.5. The van der Waals surface area contributed by atoms with E-state index in [0.717, 1.165) is 54.6 Å². The molecule has 152 valence electrons. The summed E-state index contributed by atoms with van der Waals surface area (Å²) in [5.41, 5.74) is 0.947. The van der Waals surface area contributed by atoms with Gasteiger partial charge in [-0.15, -0.1) is 0 Å². The average Bonchev–Trinajstić information content (AvgIpc) is 2.93. The fraction of sp³-hybridized carbons (Fsp3) is 0.591. The van der Waals surface area contributed by atoms with Crippen LogP contribution in [-0.4, -0.2) is 35.8 Å². The first kappa shape index (κ1) is 20.4. The Hall–Kier alpha value is -2.37. The van der Waals surface area contributed by atoms with Gasteiger partial charge in [0, 0.05) is 6.54 Å². The summed E-state index contributed by atoms with van der Waals surface area (Å²) in [5, 5.41) is 5.80. The number of urea groups is 1. The number of aryl methyl sites for hydroxylation is 1. The fourth-order valence-corrected chi connectivity index (χ4v) is 4.36. The van der Waals surface area contributed by atoms with Gasteiger partial charge in [0.1, 0.15) is 12.1 Å². The maximum absolute atomic E-state index is 13.2. The number of nitrogens with one attached hydrogen (secondary N) is 2. The zero-order valence-electron chi connectivity index (χ0n) is 16.9. The molecule has 1 spiro atoms. The largest absolute Gasteiger partial charge is 0.354 e. The summed E-state index contributed by atoms with van der Waals surface area (Å²) in [7, 11) is 0. The Balaban J connectivity index is 1.66. The Morgan fingerprint density at radius 2 is 2.07 bits per heavy atom. The van der Waals surface area contributed by atoms with E-state index in [1.165, 1.54) is 0 Å². The predicted octanol–water partition coefficient (Wildman–Crippen LogP) is 3.10. The lowest BCUT2D eigenvalue weighted by Gasteiger charge is -2.33. The molecular weight excluding hydrogens is 354 g/mol. The Morgan fingerprint density at radius 3 is 2.82 bits per heavy atom. The van der Waals surface area contributed by atoms with Crippen molar-refractivity contribution in [2.24, 2.45) is 5.92 Å². The minimum Gasteiger partial charge on any atom is -0.354 e. The number of rotatable bonds is 8. The first-order valence-electron chi connectivity index (χ1n) is 10.5. The molecular formula is C22H31N3O3. The molecule has 2 N–H and O–H groups in total. The van der Waals surface area contributed by atoms with Crippen molar-refractivity contribution in [2.75, 3.05) is 13.1 Å². The summed E-state index contributed by atoms with van der Waals surface area (Å²) in [5.74, 6) is -0.152. The van der Waals surface area contributed by atoms with Crippen molar-refractivity contribution in [3.05, 3.63) is 35.4 Å². The van der Waals surface area contributed by atoms with Gasteiger partial charge in [-0.05, 0) is 42.7 Å². The van der Waals surface area contributed by atoms with Gasteiger partial charge in [-0.2, -0.15) is 0 Å². The Bertz CT molecular complexity index is 748. The average molecular weight is 386 g/mol. The standard InChI is InChI=1S/C22H31N3O3/c1-3-5-9-16(4-2)14-23-19(26)15-25-20(27)22(24-21(25)28)13-8-11-17-10-6-7-12-18(17)22/h6-7,10,12,16H,3-5,8-9,11,13-15H2,1-2H3,(H,23,26)(H,24,28)/t16-,22-/m1/s1. The van der Waals surface area contributed by atoms with E-state index in [-0.39, 0.29) is 18.4 Å². The van der Waals surface area contributed by atoms with Crippen LogP contribution in [0.1, 0.15) is 63.5 Å². The monoisotopic (exact) mass is 385 g/mol. The maximum atomic E-state index is 13.2. The molecule has 1 aliphatic heterocycles.